The quantitative estimate of drug-likeness (QED) is 0.777. The van der Waals surface area contributed by atoms with E-state index in [0.29, 0.717) is 29.5 Å². The molecule has 0 aliphatic heterocycles. The van der Waals surface area contributed by atoms with Crippen molar-refractivity contribution < 1.29 is 35.9 Å². The van der Waals surface area contributed by atoms with Gasteiger partial charge in [-0.3, -0.25) is 4.79 Å². The van der Waals surface area contributed by atoms with Crippen LogP contribution in [0.25, 0.3) is 0 Å². The zero-order valence-electron chi connectivity index (χ0n) is 12.5. The van der Waals surface area contributed by atoms with Gasteiger partial charge in [0.25, 0.3) is 5.91 Å². The van der Waals surface area contributed by atoms with Crippen LogP contribution in [0.3, 0.4) is 0 Å². The maximum Gasteiger partial charge on any atom is 0.417 e. The molecule has 0 saturated carbocycles. The first-order chi connectivity index (χ1) is 11.4. The molecule has 0 aliphatic rings. The Morgan fingerprint density at radius 2 is 1.88 bits per heavy atom. The minimum atomic E-state index is -4.99. The summed E-state index contributed by atoms with van der Waals surface area (Å²) < 4.78 is 76.8. The molecule has 1 amide bonds. The van der Waals surface area contributed by atoms with Gasteiger partial charge in [0, 0.05) is 0 Å². The lowest BCUT2D eigenvalue weighted by Gasteiger charge is -2.12. The smallest absolute Gasteiger partial charge is 0.384 e. The summed E-state index contributed by atoms with van der Waals surface area (Å²) in [6.07, 6.45) is -6.35. The van der Waals surface area contributed by atoms with Gasteiger partial charge in [-0.2, -0.15) is 13.2 Å². The highest BCUT2D eigenvalue weighted by Crippen LogP contribution is 2.39. The topological polar surface area (TPSA) is 83.5 Å². The minimum Gasteiger partial charge on any atom is -0.384 e. The molecule has 0 spiro atoms. The zero-order valence-corrected chi connectivity index (χ0v) is 14.1. The van der Waals surface area contributed by atoms with Gasteiger partial charge in [0.05, 0.1) is 15.5 Å². The molecule has 0 aliphatic carbocycles. The maximum absolute atomic E-state index is 13.3. The molecule has 11 heteroatoms. The fourth-order valence-corrected chi connectivity index (χ4v) is 4.64. The van der Waals surface area contributed by atoms with Gasteiger partial charge in [-0.15, -0.1) is 11.3 Å². The third-order valence-electron chi connectivity index (χ3n) is 3.01. The Balaban J connectivity index is 2.49. The summed E-state index contributed by atoms with van der Waals surface area (Å²) in [4.78, 5) is 10.2. The number of hydrogen-bond donors (Lipinski definition) is 2. The van der Waals surface area contributed by atoms with Crippen LogP contribution >= 0.6 is 11.3 Å². The highest BCUT2D eigenvalue weighted by Gasteiger charge is 2.38. The van der Waals surface area contributed by atoms with E-state index in [1.165, 1.54) is 6.92 Å². The van der Waals surface area contributed by atoms with E-state index in [4.69, 9.17) is 5.11 Å². The lowest BCUT2D eigenvalue weighted by atomic mass is 10.2. The van der Waals surface area contributed by atoms with E-state index in [9.17, 15) is 30.8 Å². The van der Waals surface area contributed by atoms with Gasteiger partial charge < -0.3 is 10.4 Å². The van der Waals surface area contributed by atoms with Crippen LogP contribution in [0.5, 0.6) is 0 Å². The number of alkyl halides is 3. The summed E-state index contributed by atoms with van der Waals surface area (Å²) in [5, 5.41) is 11.3. The van der Waals surface area contributed by atoms with Crippen LogP contribution in [0.2, 0.25) is 0 Å². The molecule has 1 unspecified atom stereocenters. The van der Waals surface area contributed by atoms with Crippen molar-refractivity contribution in [2.24, 2.45) is 0 Å². The number of aliphatic hydroxyl groups is 1. The molecule has 25 heavy (non-hydrogen) atoms. The van der Waals surface area contributed by atoms with Crippen molar-refractivity contribution in [3.05, 3.63) is 41.7 Å². The number of thiophene rings is 1. The number of benzene rings is 1. The number of nitrogens with one attached hydrogen (secondary N) is 1. The third kappa shape index (κ3) is 4.17. The number of rotatable bonds is 4. The van der Waals surface area contributed by atoms with Crippen LogP contribution < -0.4 is 5.32 Å². The van der Waals surface area contributed by atoms with Crippen molar-refractivity contribution in [3.63, 3.8) is 0 Å². The van der Waals surface area contributed by atoms with E-state index in [1.54, 1.807) is 0 Å². The molecule has 5 nitrogen and oxygen atoms in total. The average Bonchev–Trinajstić information content (AvgIpc) is 2.95. The Bertz CT molecular complexity index is 904. The predicted molar refractivity (Wildman–Crippen MR) is 81.5 cm³/mol. The van der Waals surface area contributed by atoms with E-state index in [-0.39, 0.29) is 5.00 Å². The van der Waals surface area contributed by atoms with E-state index in [1.807, 2.05) is 0 Å². The van der Waals surface area contributed by atoms with Crippen LogP contribution in [0, 0.1) is 5.82 Å². The van der Waals surface area contributed by atoms with Crippen molar-refractivity contribution >= 4 is 32.1 Å². The summed E-state index contributed by atoms with van der Waals surface area (Å²) in [5.41, 5.74) is -1.49. The first-order valence-electron chi connectivity index (χ1n) is 6.63. The van der Waals surface area contributed by atoms with Crippen molar-refractivity contribution in [1.29, 1.82) is 0 Å². The number of hydrogen-bond acceptors (Lipinski definition) is 5. The molecular weight excluding hydrogens is 386 g/mol. The molecule has 136 valence electrons. The van der Waals surface area contributed by atoms with Gasteiger partial charge in [-0.25, -0.2) is 12.8 Å². The highest BCUT2D eigenvalue weighted by atomic mass is 32.2. The van der Waals surface area contributed by atoms with Gasteiger partial charge in [0.15, 0.2) is 0 Å². The molecule has 1 aromatic carbocycles. The van der Waals surface area contributed by atoms with E-state index in [0.717, 1.165) is 12.1 Å². The molecule has 0 saturated heterocycles. The third-order valence-corrected chi connectivity index (χ3v) is 6.30. The largest absolute Gasteiger partial charge is 0.417 e. The van der Waals surface area contributed by atoms with Crippen molar-refractivity contribution in [3.8, 4) is 0 Å². The molecule has 2 N–H and O–H groups in total. The number of sulfone groups is 1. The Kier molecular flexibility index (Phi) is 5.21. The lowest BCUT2D eigenvalue weighted by Crippen LogP contribution is -2.23. The molecule has 1 heterocycles. The van der Waals surface area contributed by atoms with Gasteiger partial charge in [0.2, 0.25) is 9.84 Å². The Labute approximate surface area is 143 Å². The Hall–Kier alpha value is -1.98. The van der Waals surface area contributed by atoms with E-state index >= 15 is 0 Å². The summed E-state index contributed by atoms with van der Waals surface area (Å²) in [7, 11) is -4.67. The Morgan fingerprint density at radius 3 is 2.44 bits per heavy atom. The summed E-state index contributed by atoms with van der Waals surface area (Å²) in [6, 6.07) is 3.32. The molecule has 0 bridgehead atoms. The van der Waals surface area contributed by atoms with Crippen LogP contribution in [-0.2, 0) is 20.8 Å². The standard InChI is InChI=1S/C14H11F4NO4S2/c1-7(20)13(21)19-11-4-5-12(24-11)25(22,23)10-6-8(15)2-3-9(10)14(16,17)18/h2-7,20H,1H3,(H,19,21). The highest BCUT2D eigenvalue weighted by molar-refractivity contribution is 7.93. The molecule has 0 fully saturated rings. The molecule has 2 aromatic rings. The van der Waals surface area contributed by atoms with Gasteiger partial charge in [-0.05, 0) is 37.3 Å². The second-order valence-corrected chi connectivity index (χ2v) is 8.15. The van der Waals surface area contributed by atoms with Crippen LogP contribution in [0.4, 0.5) is 22.6 Å². The average molecular weight is 397 g/mol. The van der Waals surface area contributed by atoms with Crippen molar-refractivity contribution in [2.75, 3.05) is 5.32 Å². The first-order valence-corrected chi connectivity index (χ1v) is 8.93. The fourth-order valence-electron chi connectivity index (χ4n) is 1.82. The van der Waals surface area contributed by atoms with Crippen LogP contribution in [-0.4, -0.2) is 25.5 Å². The summed E-state index contributed by atoms with van der Waals surface area (Å²) >= 11 is 0.485. The molecule has 0 radical (unpaired) electrons. The van der Waals surface area contributed by atoms with Gasteiger partial charge >= 0.3 is 6.18 Å². The van der Waals surface area contributed by atoms with Crippen molar-refractivity contribution in [1.82, 2.24) is 0 Å². The van der Waals surface area contributed by atoms with Gasteiger partial charge in [-0.1, -0.05) is 0 Å². The number of carbonyl (C=O) groups excluding carboxylic acids is 1. The Morgan fingerprint density at radius 1 is 1.24 bits per heavy atom. The molecule has 1 atom stereocenters. The van der Waals surface area contributed by atoms with E-state index in [2.05, 4.69) is 5.32 Å². The minimum absolute atomic E-state index is 0.00874. The van der Waals surface area contributed by atoms with E-state index < -0.39 is 48.5 Å². The first kappa shape index (κ1) is 19.3. The maximum atomic E-state index is 13.3. The van der Waals surface area contributed by atoms with Crippen LogP contribution in [0.15, 0.2) is 39.4 Å². The van der Waals surface area contributed by atoms with Crippen LogP contribution in [0.1, 0.15) is 12.5 Å². The number of halogens is 4. The predicted octanol–water partition coefficient (Wildman–Crippen LogP) is 3.06. The summed E-state index contributed by atoms with van der Waals surface area (Å²) in [5.74, 6) is -1.95. The number of carbonyl (C=O) groups is 1. The summed E-state index contributed by atoms with van der Waals surface area (Å²) in [6.45, 7) is 1.18. The second kappa shape index (κ2) is 6.73. The molecule has 1 aromatic heterocycles. The zero-order chi connectivity index (χ0) is 19.0. The van der Waals surface area contributed by atoms with Gasteiger partial charge in [0.1, 0.15) is 16.1 Å². The monoisotopic (exact) mass is 397 g/mol. The number of anilines is 1. The fraction of sp³-hybridized carbons (Fsp3) is 0.214. The molecular formula is C14H11F4NO4S2. The SMILES string of the molecule is CC(O)C(=O)Nc1ccc(S(=O)(=O)c2cc(F)ccc2C(F)(F)F)s1. The second-order valence-electron chi connectivity index (χ2n) is 4.93. The number of aliphatic hydroxyl groups excluding tert-OH is 1. The number of amides is 1. The lowest BCUT2D eigenvalue weighted by molar-refractivity contribution is -0.139. The normalized spacial score (nSPS) is 13.5. The van der Waals surface area contributed by atoms with Crippen molar-refractivity contribution in [2.45, 2.75) is 28.3 Å². The molecule has 2 rings (SSSR count).